The normalized spacial score (nSPS) is 11.3. The van der Waals surface area contributed by atoms with Gasteiger partial charge in [0.1, 0.15) is 5.75 Å². The largest absolute Gasteiger partial charge is 0.507 e. The van der Waals surface area contributed by atoms with Gasteiger partial charge in [-0.3, -0.25) is 0 Å². The Bertz CT molecular complexity index is 1370. The van der Waals surface area contributed by atoms with Gasteiger partial charge in [0.25, 0.3) is 0 Å². The van der Waals surface area contributed by atoms with Gasteiger partial charge in [-0.1, -0.05) is 48.0 Å². The van der Waals surface area contributed by atoms with Crippen LogP contribution in [0.1, 0.15) is 5.56 Å². The Hall–Kier alpha value is -3.92. The molecule has 0 atom stereocenters. The second-order valence-corrected chi connectivity index (χ2v) is 7.28. The molecule has 0 fully saturated rings. The standard InChI is InChI=1S/C25H19NO3/c1-15-7-9-16(10-8-15)18-11-19-20-12-24(28)25(29)14-22(20)26(21(19)13-23(18)27)17-5-3-2-4-6-17/h2-14,27-29H,1H3. The number of aryl methyl sites for hydroxylation is 1. The average molecular weight is 381 g/mol. The van der Waals surface area contributed by atoms with Gasteiger partial charge in [-0.25, -0.2) is 0 Å². The van der Waals surface area contributed by atoms with E-state index in [4.69, 9.17) is 0 Å². The van der Waals surface area contributed by atoms with Crippen molar-refractivity contribution in [1.29, 1.82) is 0 Å². The molecule has 0 saturated carbocycles. The summed E-state index contributed by atoms with van der Waals surface area (Å²) in [5, 5.41) is 32.7. The van der Waals surface area contributed by atoms with E-state index in [0.717, 1.165) is 44.2 Å². The number of fused-ring (bicyclic) bond motifs is 3. The molecule has 1 aromatic heterocycles. The molecule has 0 unspecified atom stereocenters. The quantitative estimate of drug-likeness (QED) is 0.335. The minimum absolute atomic E-state index is 0.172. The maximum Gasteiger partial charge on any atom is 0.159 e. The predicted octanol–water partition coefficient (Wildman–Crippen LogP) is 5.88. The summed E-state index contributed by atoms with van der Waals surface area (Å²) in [7, 11) is 0. The third-order valence-electron chi connectivity index (χ3n) is 5.36. The Morgan fingerprint density at radius 3 is 1.90 bits per heavy atom. The van der Waals surface area contributed by atoms with E-state index in [1.165, 1.54) is 0 Å². The van der Waals surface area contributed by atoms with Crippen molar-refractivity contribution in [3.05, 3.63) is 84.4 Å². The number of aromatic nitrogens is 1. The van der Waals surface area contributed by atoms with Crippen LogP contribution in [0.4, 0.5) is 0 Å². The van der Waals surface area contributed by atoms with E-state index >= 15 is 0 Å². The fraction of sp³-hybridized carbons (Fsp3) is 0.0400. The zero-order valence-corrected chi connectivity index (χ0v) is 15.8. The van der Waals surface area contributed by atoms with Gasteiger partial charge in [-0.2, -0.15) is 0 Å². The van der Waals surface area contributed by atoms with Crippen molar-refractivity contribution < 1.29 is 15.3 Å². The first-order valence-corrected chi connectivity index (χ1v) is 9.38. The molecule has 0 radical (unpaired) electrons. The first-order valence-electron chi connectivity index (χ1n) is 9.38. The molecule has 142 valence electrons. The monoisotopic (exact) mass is 381 g/mol. The molecule has 0 bridgehead atoms. The highest BCUT2D eigenvalue weighted by molar-refractivity contribution is 6.12. The number of benzene rings is 4. The van der Waals surface area contributed by atoms with Crippen molar-refractivity contribution in [3.63, 3.8) is 0 Å². The van der Waals surface area contributed by atoms with Gasteiger partial charge in [0, 0.05) is 34.2 Å². The van der Waals surface area contributed by atoms with Crippen LogP contribution in [0.15, 0.2) is 78.9 Å². The lowest BCUT2D eigenvalue weighted by Gasteiger charge is -2.10. The molecule has 29 heavy (non-hydrogen) atoms. The maximum absolute atomic E-state index is 10.8. The number of phenolic OH excluding ortho intramolecular Hbond substituents is 3. The van der Waals surface area contributed by atoms with Crippen LogP contribution in [0.2, 0.25) is 0 Å². The summed E-state index contributed by atoms with van der Waals surface area (Å²) in [4.78, 5) is 0. The van der Waals surface area contributed by atoms with E-state index in [1.807, 2.05) is 72.2 Å². The van der Waals surface area contributed by atoms with Crippen molar-refractivity contribution in [2.45, 2.75) is 6.92 Å². The zero-order chi connectivity index (χ0) is 20.1. The lowest BCUT2D eigenvalue weighted by molar-refractivity contribution is 0.405. The highest BCUT2D eigenvalue weighted by atomic mass is 16.3. The van der Waals surface area contributed by atoms with E-state index in [9.17, 15) is 15.3 Å². The van der Waals surface area contributed by atoms with Gasteiger partial charge in [-0.15, -0.1) is 0 Å². The molecule has 5 aromatic rings. The van der Waals surface area contributed by atoms with Crippen molar-refractivity contribution >= 4 is 21.8 Å². The van der Waals surface area contributed by atoms with Crippen LogP contribution in [0.25, 0.3) is 38.6 Å². The molecule has 0 spiro atoms. The van der Waals surface area contributed by atoms with Crippen LogP contribution in [0.3, 0.4) is 0 Å². The summed E-state index contributed by atoms with van der Waals surface area (Å²) in [6.07, 6.45) is 0. The molecule has 0 aliphatic rings. The van der Waals surface area contributed by atoms with Crippen LogP contribution < -0.4 is 0 Å². The zero-order valence-electron chi connectivity index (χ0n) is 15.8. The molecule has 0 aliphatic heterocycles. The lowest BCUT2D eigenvalue weighted by Crippen LogP contribution is -1.93. The van der Waals surface area contributed by atoms with Gasteiger partial charge >= 0.3 is 0 Å². The third kappa shape index (κ3) is 2.69. The molecule has 4 nitrogen and oxygen atoms in total. The SMILES string of the molecule is Cc1ccc(-c2cc3c4cc(O)c(O)cc4n(-c4ccccc4)c3cc2O)cc1. The first-order chi connectivity index (χ1) is 14.0. The number of hydrogen-bond acceptors (Lipinski definition) is 3. The third-order valence-corrected chi connectivity index (χ3v) is 5.36. The molecule has 4 aromatic carbocycles. The highest BCUT2D eigenvalue weighted by Crippen LogP contribution is 2.42. The Morgan fingerprint density at radius 1 is 0.621 bits per heavy atom. The maximum atomic E-state index is 10.8. The van der Waals surface area contributed by atoms with Gasteiger partial charge in [-0.05, 0) is 36.8 Å². The number of nitrogens with zero attached hydrogens (tertiary/aromatic N) is 1. The Morgan fingerprint density at radius 2 is 1.21 bits per heavy atom. The number of para-hydroxylation sites is 1. The highest BCUT2D eigenvalue weighted by Gasteiger charge is 2.18. The second kappa shape index (κ2) is 6.31. The topological polar surface area (TPSA) is 65.6 Å². The molecule has 1 heterocycles. The number of phenols is 3. The number of rotatable bonds is 2. The second-order valence-electron chi connectivity index (χ2n) is 7.28. The molecular weight excluding hydrogens is 362 g/mol. The van der Waals surface area contributed by atoms with Crippen LogP contribution in [0.5, 0.6) is 17.2 Å². The molecule has 0 aliphatic carbocycles. The van der Waals surface area contributed by atoms with Crippen molar-refractivity contribution in [3.8, 4) is 34.1 Å². The van der Waals surface area contributed by atoms with Crippen LogP contribution in [-0.2, 0) is 0 Å². The molecular formula is C25H19NO3. The van der Waals surface area contributed by atoms with Crippen LogP contribution >= 0.6 is 0 Å². The average Bonchev–Trinajstić information content (AvgIpc) is 3.01. The van der Waals surface area contributed by atoms with Gasteiger partial charge in [0.15, 0.2) is 11.5 Å². The van der Waals surface area contributed by atoms with E-state index in [0.29, 0.717) is 0 Å². The molecule has 3 N–H and O–H groups in total. The number of aromatic hydroxyl groups is 3. The summed E-state index contributed by atoms with van der Waals surface area (Å²) in [6, 6.07) is 24.5. The summed E-state index contributed by atoms with van der Waals surface area (Å²) >= 11 is 0. The summed E-state index contributed by atoms with van der Waals surface area (Å²) < 4.78 is 1.97. The van der Waals surface area contributed by atoms with Crippen molar-refractivity contribution in [2.75, 3.05) is 0 Å². The van der Waals surface area contributed by atoms with E-state index < -0.39 is 0 Å². The minimum atomic E-state index is -0.180. The molecule has 4 heteroatoms. The summed E-state index contributed by atoms with van der Waals surface area (Å²) in [5.74, 6) is -0.176. The fourth-order valence-corrected chi connectivity index (χ4v) is 3.89. The summed E-state index contributed by atoms with van der Waals surface area (Å²) in [6.45, 7) is 2.02. The first kappa shape index (κ1) is 17.2. The predicted molar refractivity (Wildman–Crippen MR) is 116 cm³/mol. The van der Waals surface area contributed by atoms with Gasteiger partial charge in [0.05, 0.1) is 11.0 Å². The molecule has 5 rings (SSSR count). The molecule has 0 saturated heterocycles. The van der Waals surface area contributed by atoms with E-state index in [1.54, 1.807) is 18.2 Å². The Labute approximate surface area is 167 Å². The fourth-order valence-electron chi connectivity index (χ4n) is 3.89. The summed E-state index contributed by atoms with van der Waals surface area (Å²) in [5.41, 5.74) is 5.23. The van der Waals surface area contributed by atoms with Crippen molar-refractivity contribution in [1.82, 2.24) is 4.57 Å². The smallest absolute Gasteiger partial charge is 0.159 e. The lowest BCUT2D eigenvalue weighted by atomic mass is 10.0. The van der Waals surface area contributed by atoms with Crippen molar-refractivity contribution in [2.24, 2.45) is 0 Å². The Kier molecular flexibility index (Phi) is 3.74. The van der Waals surface area contributed by atoms with Crippen LogP contribution in [-0.4, -0.2) is 19.9 Å². The van der Waals surface area contributed by atoms with E-state index in [2.05, 4.69) is 0 Å². The van der Waals surface area contributed by atoms with Gasteiger partial charge < -0.3 is 19.9 Å². The minimum Gasteiger partial charge on any atom is -0.507 e. The number of hydrogen-bond donors (Lipinski definition) is 3. The molecule has 0 amide bonds. The Balaban J connectivity index is 1.90. The van der Waals surface area contributed by atoms with Gasteiger partial charge in [0.2, 0.25) is 0 Å². The van der Waals surface area contributed by atoms with Crippen LogP contribution in [0, 0.1) is 6.92 Å². The van der Waals surface area contributed by atoms with E-state index in [-0.39, 0.29) is 17.2 Å².